The van der Waals surface area contributed by atoms with Gasteiger partial charge in [0.25, 0.3) is 0 Å². The molecule has 2 unspecified atom stereocenters. The van der Waals surface area contributed by atoms with Crippen LogP contribution in [0.1, 0.15) is 68.7 Å². The fourth-order valence-electron chi connectivity index (χ4n) is 3.67. The first-order chi connectivity index (χ1) is 12.9. The molecule has 144 valence electrons. The molecule has 1 saturated heterocycles. The zero-order valence-corrected chi connectivity index (χ0v) is 16.7. The van der Waals surface area contributed by atoms with Gasteiger partial charge in [0, 0.05) is 31.1 Å². The van der Waals surface area contributed by atoms with E-state index < -0.39 is 0 Å². The van der Waals surface area contributed by atoms with E-state index in [0.717, 1.165) is 43.5 Å². The molecule has 1 fully saturated rings. The minimum Gasteiger partial charge on any atom is -0.332 e. The van der Waals surface area contributed by atoms with Crippen molar-refractivity contribution in [3.05, 3.63) is 41.9 Å². The lowest BCUT2D eigenvalue weighted by atomic mass is 9.98. The first-order valence-electron chi connectivity index (χ1n) is 9.90. The third-order valence-corrected chi connectivity index (χ3v) is 5.54. The molecule has 1 aliphatic rings. The number of likely N-dealkylation sites (tertiary alicyclic amines) is 1. The molecule has 2 aromatic rings. The number of carbonyl (C=O) groups is 2. The first kappa shape index (κ1) is 19.3. The molecule has 0 saturated carbocycles. The van der Waals surface area contributed by atoms with Crippen molar-refractivity contribution in [3.63, 3.8) is 0 Å². The van der Waals surface area contributed by atoms with Crippen LogP contribution in [0.25, 0.3) is 11.3 Å². The Morgan fingerprint density at radius 1 is 1.22 bits per heavy atom. The van der Waals surface area contributed by atoms with Crippen LogP contribution in [-0.2, 0) is 4.79 Å². The second kappa shape index (κ2) is 8.07. The highest BCUT2D eigenvalue weighted by Gasteiger charge is 2.33. The molecule has 0 spiro atoms. The van der Waals surface area contributed by atoms with Crippen molar-refractivity contribution in [2.75, 3.05) is 6.54 Å². The van der Waals surface area contributed by atoms with Gasteiger partial charge in [-0.1, -0.05) is 43.7 Å². The van der Waals surface area contributed by atoms with Crippen LogP contribution in [-0.4, -0.2) is 32.8 Å². The third-order valence-electron chi connectivity index (χ3n) is 5.54. The van der Waals surface area contributed by atoms with Crippen molar-refractivity contribution in [3.8, 4) is 11.3 Å². The van der Waals surface area contributed by atoms with E-state index in [1.54, 1.807) is 11.5 Å². The largest absolute Gasteiger partial charge is 0.332 e. The quantitative estimate of drug-likeness (QED) is 0.792. The molecule has 1 aromatic carbocycles. The predicted molar refractivity (Wildman–Crippen MR) is 106 cm³/mol. The summed E-state index contributed by atoms with van der Waals surface area (Å²) in [6.07, 6.45) is 5.52. The summed E-state index contributed by atoms with van der Waals surface area (Å²) < 4.78 is 1.63. The van der Waals surface area contributed by atoms with Crippen molar-refractivity contribution in [2.24, 2.45) is 5.92 Å². The normalized spacial score (nSPS) is 18.4. The van der Waals surface area contributed by atoms with Gasteiger partial charge in [0.05, 0.1) is 11.7 Å². The molecular formula is C22H29N3O2. The SMILES string of the molecule is CCC(C)C(=O)N1CCCCC1c1nc(-c2ccc(C)cc2)cn1C(C)=O. The highest BCUT2D eigenvalue weighted by Crippen LogP contribution is 2.33. The maximum atomic E-state index is 12.9. The Morgan fingerprint density at radius 2 is 1.93 bits per heavy atom. The van der Waals surface area contributed by atoms with Crippen molar-refractivity contribution >= 4 is 11.8 Å². The summed E-state index contributed by atoms with van der Waals surface area (Å²) >= 11 is 0. The number of imidazole rings is 1. The fraction of sp³-hybridized carbons (Fsp3) is 0.500. The number of aromatic nitrogens is 2. The molecule has 2 atom stereocenters. The van der Waals surface area contributed by atoms with Crippen LogP contribution >= 0.6 is 0 Å². The van der Waals surface area contributed by atoms with Gasteiger partial charge in [-0.3, -0.25) is 14.2 Å². The number of aryl methyl sites for hydroxylation is 1. The van der Waals surface area contributed by atoms with Crippen LogP contribution in [0, 0.1) is 12.8 Å². The van der Waals surface area contributed by atoms with E-state index in [0.29, 0.717) is 5.82 Å². The molecule has 3 rings (SSSR count). The van der Waals surface area contributed by atoms with E-state index in [1.807, 2.05) is 56.1 Å². The summed E-state index contributed by atoms with van der Waals surface area (Å²) in [7, 11) is 0. The standard InChI is InChI=1S/C22H29N3O2/c1-5-16(3)22(27)24-13-7-6-8-20(24)21-23-19(14-25(21)17(4)26)18-11-9-15(2)10-12-18/h9-12,14,16,20H,5-8,13H2,1-4H3. The minimum atomic E-state index is -0.136. The lowest BCUT2D eigenvalue weighted by molar-refractivity contribution is -0.139. The molecule has 0 radical (unpaired) electrons. The van der Waals surface area contributed by atoms with Crippen LogP contribution < -0.4 is 0 Å². The van der Waals surface area contributed by atoms with Gasteiger partial charge in [-0.15, -0.1) is 0 Å². The minimum absolute atomic E-state index is 0.0112. The van der Waals surface area contributed by atoms with Crippen molar-refractivity contribution in [1.82, 2.24) is 14.5 Å². The Bertz CT molecular complexity index is 823. The van der Waals surface area contributed by atoms with Crippen LogP contribution in [0.15, 0.2) is 30.5 Å². The number of hydrogen-bond donors (Lipinski definition) is 0. The molecule has 1 amide bonds. The molecule has 0 N–H and O–H groups in total. The maximum absolute atomic E-state index is 12.9. The van der Waals surface area contributed by atoms with Gasteiger partial charge in [-0.25, -0.2) is 4.98 Å². The Hall–Kier alpha value is -2.43. The van der Waals surface area contributed by atoms with Gasteiger partial charge < -0.3 is 4.90 Å². The van der Waals surface area contributed by atoms with E-state index in [-0.39, 0.29) is 23.8 Å². The summed E-state index contributed by atoms with van der Waals surface area (Å²) in [4.78, 5) is 32.0. The zero-order chi connectivity index (χ0) is 19.6. The molecule has 5 heteroatoms. The van der Waals surface area contributed by atoms with E-state index in [4.69, 9.17) is 4.98 Å². The summed E-state index contributed by atoms with van der Waals surface area (Å²) in [5.74, 6) is 0.770. The van der Waals surface area contributed by atoms with Gasteiger partial charge in [0.1, 0.15) is 5.82 Å². The van der Waals surface area contributed by atoms with E-state index in [2.05, 4.69) is 0 Å². The highest BCUT2D eigenvalue weighted by atomic mass is 16.2. The Kier molecular flexibility index (Phi) is 5.78. The number of benzene rings is 1. The first-order valence-corrected chi connectivity index (χ1v) is 9.90. The Balaban J connectivity index is 2.01. The predicted octanol–water partition coefficient (Wildman–Crippen LogP) is 4.62. The molecule has 2 heterocycles. The highest BCUT2D eigenvalue weighted by molar-refractivity contribution is 5.80. The summed E-state index contributed by atoms with van der Waals surface area (Å²) in [6.45, 7) is 8.34. The molecule has 1 aliphatic heterocycles. The zero-order valence-electron chi connectivity index (χ0n) is 16.7. The lowest BCUT2D eigenvalue weighted by Gasteiger charge is -2.36. The van der Waals surface area contributed by atoms with Crippen molar-refractivity contribution in [1.29, 1.82) is 0 Å². The molecule has 0 aliphatic carbocycles. The summed E-state index contributed by atoms with van der Waals surface area (Å²) in [5, 5.41) is 0. The van der Waals surface area contributed by atoms with E-state index in [1.165, 1.54) is 5.56 Å². The monoisotopic (exact) mass is 367 g/mol. The molecule has 5 nitrogen and oxygen atoms in total. The second-order valence-electron chi connectivity index (χ2n) is 7.59. The lowest BCUT2D eigenvalue weighted by Crippen LogP contribution is -2.42. The average molecular weight is 367 g/mol. The summed E-state index contributed by atoms with van der Waals surface area (Å²) in [6, 6.07) is 8.00. The fourth-order valence-corrected chi connectivity index (χ4v) is 3.67. The second-order valence-corrected chi connectivity index (χ2v) is 7.59. The van der Waals surface area contributed by atoms with Crippen LogP contribution in [0.2, 0.25) is 0 Å². The van der Waals surface area contributed by atoms with Gasteiger partial charge in [0.2, 0.25) is 11.8 Å². The van der Waals surface area contributed by atoms with Gasteiger partial charge in [-0.2, -0.15) is 0 Å². The van der Waals surface area contributed by atoms with Crippen LogP contribution in [0.3, 0.4) is 0 Å². The van der Waals surface area contributed by atoms with Crippen LogP contribution in [0.5, 0.6) is 0 Å². The average Bonchev–Trinajstić information content (AvgIpc) is 3.13. The smallest absolute Gasteiger partial charge is 0.228 e. The molecular weight excluding hydrogens is 338 g/mol. The number of piperidine rings is 1. The number of hydrogen-bond acceptors (Lipinski definition) is 3. The van der Waals surface area contributed by atoms with Gasteiger partial charge >= 0.3 is 0 Å². The topological polar surface area (TPSA) is 55.2 Å². The number of carbonyl (C=O) groups excluding carboxylic acids is 2. The third kappa shape index (κ3) is 3.97. The van der Waals surface area contributed by atoms with E-state index in [9.17, 15) is 9.59 Å². The number of rotatable bonds is 4. The Labute approximate surface area is 161 Å². The summed E-state index contributed by atoms with van der Waals surface area (Å²) in [5.41, 5.74) is 2.95. The molecule has 1 aromatic heterocycles. The molecule has 27 heavy (non-hydrogen) atoms. The Morgan fingerprint density at radius 3 is 2.56 bits per heavy atom. The van der Waals surface area contributed by atoms with Crippen molar-refractivity contribution in [2.45, 2.75) is 59.4 Å². The number of amides is 1. The maximum Gasteiger partial charge on any atom is 0.228 e. The van der Waals surface area contributed by atoms with Crippen LogP contribution in [0.4, 0.5) is 0 Å². The van der Waals surface area contributed by atoms with E-state index >= 15 is 0 Å². The number of nitrogens with zero attached hydrogens (tertiary/aromatic N) is 3. The van der Waals surface area contributed by atoms with Gasteiger partial charge in [-0.05, 0) is 32.6 Å². The van der Waals surface area contributed by atoms with Gasteiger partial charge in [0.15, 0.2) is 0 Å². The molecule has 0 bridgehead atoms. The van der Waals surface area contributed by atoms with Crippen molar-refractivity contribution < 1.29 is 9.59 Å².